The first-order valence-corrected chi connectivity index (χ1v) is 8.07. The number of benzene rings is 1. The molecule has 0 radical (unpaired) electrons. The smallest absolute Gasteiger partial charge is 0.222 e. The molecule has 1 aromatic carbocycles. The van der Waals surface area contributed by atoms with Crippen LogP contribution in [0.3, 0.4) is 0 Å². The third-order valence-electron chi connectivity index (χ3n) is 3.52. The number of rotatable bonds is 5. The van der Waals surface area contributed by atoms with Gasteiger partial charge in [-0.2, -0.15) is 0 Å². The average molecular weight is 300 g/mol. The lowest BCUT2D eigenvalue weighted by Gasteiger charge is -2.18. The van der Waals surface area contributed by atoms with Gasteiger partial charge in [-0.05, 0) is 18.9 Å². The zero-order valence-corrected chi connectivity index (χ0v) is 11.7. The summed E-state index contributed by atoms with van der Waals surface area (Å²) in [6.07, 6.45) is 1.91. The van der Waals surface area contributed by atoms with E-state index in [9.17, 15) is 17.6 Å². The lowest BCUT2D eigenvalue weighted by atomic mass is 10.0. The van der Waals surface area contributed by atoms with E-state index in [1.54, 1.807) is 6.07 Å². The number of nitrogens with two attached hydrogens (primary N) is 1. The van der Waals surface area contributed by atoms with Crippen molar-refractivity contribution in [3.05, 3.63) is 35.6 Å². The second kappa shape index (κ2) is 5.88. The molecule has 7 heteroatoms. The number of nitrogens with one attached hydrogen (secondary N) is 1. The summed E-state index contributed by atoms with van der Waals surface area (Å²) >= 11 is 0. The minimum Gasteiger partial charge on any atom is -0.369 e. The first-order chi connectivity index (χ1) is 9.39. The van der Waals surface area contributed by atoms with Crippen LogP contribution in [-0.2, 0) is 20.6 Å². The van der Waals surface area contributed by atoms with E-state index in [4.69, 9.17) is 5.73 Å². The second-order valence-corrected chi connectivity index (χ2v) is 6.77. The number of sulfonamides is 1. The lowest BCUT2D eigenvalue weighted by Crippen LogP contribution is -2.42. The highest BCUT2D eigenvalue weighted by atomic mass is 32.2. The van der Waals surface area contributed by atoms with Crippen molar-refractivity contribution in [3.8, 4) is 0 Å². The highest BCUT2D eigenvalue weighted by molar-refractivity contribution is 7.88. The molecule has 3 N–H and O–H groups in total. The van der Waals surface area contributed by atoms with Crippen LogP contribution in [0.4, 0.5) is 4.39 Å². The van der Waals surface area contributed by atoms with Crippen LogP contribution >= 0.6 is 0 Å². The van der Waals surface area contributed by atoms with E-state index in [1.165, 1.54) is 18.2 Å². The maximum absolute atomic E-state index is 13.5. The van der Waals surface area contributed by atoms with Crippen LogP contribution in [0.5, 0.6) is 0 Å². The van der Waals surface area contributed by atoms with Gasteiger partial charge in [0, 0.05) is 11.6 Å². The number of carbonyl (C=O) groups excluding carboxylic acids is 1. The molecular weight excluding hydrogens is 283 g/mol. The summed E-state index contributed by atoms with van der Waals surface area (Å²) in [6, 6.07) is 5.24. The van der Waals surface area contributed by atoms with Crippen LogP contribution in [0.15, 0.2) is 24.3 Å². The molecule has 0 bridgehead atoms. The van der Waals surface area contributed by atoms with Crippen molar-refractivity contribution in [1.29, 1.82) is 0 Å². The predicted molar refractivity (Wildman–Crippen MR) is 72.5 cm³/mol. The summed E-state index contributed by atoms with van der Waals surface area (Å²) in [6.45, 7) is 0. The zero-order valence-electron chi connectivity index (χ0n) is 10.9. The van der Waals surface area contributed by atoms with Crippen molar-refractivity contribution in [2.75, 3.05) is 0 Å². The molecule has 0 aliphatic heterocycles. The van der Waals surface area contributed by atoms with Crippen molar-refractivity contribution in [1.82, 2.24) is 4.72 Å². The van der Waals surface area contributed by atoms with Crippen molar-refractivity contribution in [2.24, 2.45) is 11.7 Å². The van der Waals surface area contributed by atoms with E-state index in [-0.39, 0.29) is 5.56 Å². The highest BCUT2D eigenvalue weighted by Gasteiger charge is 2.34. The molecule has 0 spiro atoms. The first-order valence-electron chi connectivity index (χ1n) is 6.42. The monoisotopic (exact) mass is 300 g/mol. The fraction of sp³-hybridized carbons (Fsp3) is 0.462. The van der Waals surface area contributed by atoms with E-state index in [0.29, 0.717) is 12.8 Å². The van der Waals surface area contributed by atoms with Crippen molar-refractivity contribution >= 4 is 15.9 Å². The fourth-order valence-electron chi connectivity index (χ4n) is 2.53. The molecule has 1 aliphatic rings. The quantitative estimate of drug-likeness (QED) is 0.846. The topological polar surface area (TPSA) is 89.3 Å². The molecule has 1 saturated carbocycles. The van der Waals surface area contributed by atoms with Gasteiger partial charge in [-0.15, -0.1) is 0 Å². The van der Waals surface area contributed by atoms with Gasteiger partial charge in [0.1, 0.15) is 5.82 Å². The number of halogens is 1. The summed E-state index contributed by atoms with van der Waals surface area (Å²) in [7, 11) is -3.70. The number of primary amides is 1. The number of amides is 1. The molecule has 1 amide bonds. The van der Waals surface area contributed by atoms with Crippen LogP contribution in [0.2, 0.25) is 0 Å². The molecule has 1 aliphatic carbocycles. The van der Waals surface area contributed by atoms with Gasteiger partial charge < -0.3 is 5.73 Å². The molecule has 0 aromatic heterocycles. The second-order valence-electron chi connectivity index (χ2n) is 5.01. The maximum atomic E-state index is 13.5. The molecule has 20 heavy (non-hydrogen) atoms. The van der Waals surface area contributed by atoms with Crippen molar-refractivity contribution < 1.29 is 17.6 Å². The Morgan fingerprint density at radius 2 is 2.05 bits per heavy atom. The Labute approximate surface area is 117 Å². The Bertz CT molecular complexity index is 603. The van der Waals surface area contributed by atoms with Crippen molar-refractivity contribution in [2.45, 2.75) is 31.1 Å². The maximum Gasteiger partial charge on any atom is 0.222 e. The predicted octanol–water partition coefficient (Wildman–Crippen LogP) is 0.899. The minimum absolute atomic E-state index is 0.105. The SMILES string of the molecule is NC(=O)C1CCCC1NS(=O)(=O)Cc1ccccc1F. The Morgan fingerprint density at radius 3 is 2.70 bits per heavy atom. The molecule has 110 valence electrons. The Balaban J connectivity index is 2.08. The number of hydrogen-bond acceptors (Lipinski definition) is 3. The normalized spacial score (nSPS) is 22.9. The summed E-state index contributed by atoms with van der Waals surface area (Å²) < 4.78 is 40.0. The minimum atomic E-state index is -3.70. The summed E-state index contributed by atoms with van der Waals surface area (Å²) in [5.41, 5.74) is 5.36. The van der Waals surface area contributed by atoms with Crippen LogP contribution in [0.1, 0.15) is 24.8 Å². The van der Waals surface area contributed by atoms with Crippen LogP contribution in [-0.4, -0.2) is 20.4 Å². The molecule has 2 atom stereocenters. The van der Waals surface area contributed by atoms with Gasteiger partial charge in [-0.3, -0.25) is 4.79 Å². The molecule has 2 rings (SSSR count). The number of carbonyl (C=O) groups is 1. The molecular formula is C13H17FN2O3S. The first kappa shape index (κ1) is 14.9. The van der Waals surface area contributed by atoms with Gasteiger partial charge >= 0.3 is 0 Å². The van der Waals surface area contributed by atoms with Crippen molar-refractivity contribution in [3.63, 3.8) is 0 Å². The summed E-state index contributed by atoms with van der Waals surface area (Å²) in [5.74, 6) is -1.98. The Hall–Kier alpha value is -1.47. The van der Waals surface area contributed by atoms with Gasteiger partial charge in [-0.1, -0.05) is 24.6 Å². The van der Waals surface area contributed by atoms with E-state index in [2.05, 4.69) is 4.72 Å². The van der Waals surface area contributed by atoms with E-state index < -0.39 is 39.5 Å². The van der Waals surface area contributed by atoms with Crippen LogP contribution in [0, 0.1) is 11.7 Å². The van der Waals surface area contributed by atoms with Crippen LogP contribution < -0.4 is 10.5 Å². The third kappa shape index (κ3) is 3.55. The van der Waals surface area contributed by atoms with Gasteiger partial charge in [0.05, 0.1) is 11.7 Å². The molecule has 0 heterocycles. The Kier molecular flexibility index (Phi) is 4.39. The van der Waals surface area contributed by atoms with Gasteiger partial charge in [0.15, 0.2) is 0 Å². The molecule has 1 aromatic rings. The fourth-order valence-corrected chi connectivity index (χ4v) is 4.00. The van der Waals surface area contributed by atoms with E-state index in [0.717, 1.165) is 6.42 Å². The third-order valence-corrected chi connectivity index (χ3v) is 4.87. The zero-order chi connectivity index (χ0) is 14.8. The molecule has 2 unspecified atom stereocenters. The van der Waals surface area contributed by atoms with Gasteiger partial charge in [0.25, 0.3) is 0 Å². The van der Waals surface area contributed by atoms with E-state index >= 15 is 0 Å². The standard InChI is InChI=1S/C13H17FN2O3S/c14-11-6-2-1-4-9(11)8-20(18,19)16-12-7-3-5-10(12)13(15)17/h1-2,4,6,10,12,16H,3,5,7-8H2,(H2,15,17). The number of hydrogen-bond donors (Lipinski definition) is 2. The molecule has 0 saturated heterocycles. The largest absolute Gasteiger partial charge is 0.369 e. The lowest BCUT2D eigenvalue weighted by molar-refractivity contribution is -0.122. The summed E-state index contributed by atoms with van der Waals surface area (Å²) in [5, 5.41) is 0. The van der Waals surface area contributed by atoms with Gasteiger partial charge in [-0.25, -0.2) is 17.5 Å². The Morgan fingerprint density at radius 1 is 1.35 bits per heavy atom. The highest BCUT2D eigenvalue weighted by Crippen LogP contribution is 2.26. The van der Waals surface area contributed by atoms with E-state index in [1.807, 2.05) is 0 Å². The molecule has 5 nitrogen and oxygen atoms in total. The average Bonchev–Trinajstić information content (AvgIpc) is 2.79. The van der Waals surface area contributed by atoms with Gasteiger partial charge in [0.2, 0.25) is 15.9 Å². The molecule has 1 fully saturated rings. The summed E-state index contributed by atoms with van der Waals surface area (Å²) in [4.78, 5) is 11.2. The van der Waals surface area contributed by atoms with Crippen LogP contribution in [0.25, 0.3) is 0 Å².